The molecule has 0 aromatic heterocycles. The van der Waals surface area contributed by atoms with Gasteiger partial charge in [0.05, 0.1) is 19.1 Å². The second-order valence-corrected chi connectivity index (χ2v) is 10.5. The van der Waals surface area contributed by atoms with E-state index < -0.39 is 21.9 Å². The van der Waals surface area contributed by atoms with Crippen LogP contribution in [0.1, 0.15) is 39.2 Å². The molecule has 0 unspecified atom stereocenters. The fourth-order valence-electron chi connectivity index (χ4n) is 3.55. The highest BCUT2D eigenvalue weighted by Crippen LogP contribution is 2.22. The number of carbonyl (C=O) groups excluding carboxylic acids is 2. The van der Waals surface area contributed by atoms with Gasteiger partial charge < -0.3 is 15.0 Å². The number of hydrogen-bond acceptors (Lipinski definition) is 5. The van der Waals surface area contributed by atoms with E-state index in [2.05, 4.69) is 5.32 Å². The van der Waals surface area contributed by atoms with Gasteiger partial charge in [0.1, 0.15) is 17.6 Å². The predicted octanol–water partition coefficient (Wildman–Crippen LogP) is 3.32. The molecule has 2 aromatic rings. The molecule has 0 heterocycles. The first-order chi connectivity index (χ1) is 16.4. The van der Waals surface area contributed by atoms with Gasteiger partial charge in [0, 0.05) is 25.6 Å². The summed E-state index contributed by atoms with van der Waals surface area (Å²) in [6, 6.07) is 11.9. The summed E-state index contributed by atoms with van der Waals surface area (Å²) < 4.78 is 45.0. The molecule has 0 fully saturated rings. The highest BCUT2D eigenvalue weighted by atomic mass is 32.2. The number of methoxy groups -OCH3 is 1. The van der Waals surface area contributed by atoms with Crippen molar-refractivity contribution < 1.29 is 27.1 Å². The van der Waals surface area contributed by atoms with Gasteiger partial charge in [0.15, 0.2) is 0 Å². The van der Waals surface area contributed by atoms with Gasteiger partial charge in [-0.2, -0.15) is 0 Å². The molecular weight excluding hydrogens is 473 g/mol. The molecule has 0 radical (unpaired) electrons. The SMILES string of the molecule is COc1ccc(CN(C(=O)CCCN(c2ccccc2F)S(C)(=O)=O)[C@@H](C)C(=O)NC(C)C)cc1. The minimum Gasteiger partial charge on any atom is -0.497 e. The number of halogens is 1. The summed E-state index contributed by atoms with van der Waals surface area (Å²) in [5.41, 5.74) is 0.745. The maximum absolute atomic E-state index is 14.2. The van der Waals surface area contributed by atoms with Crippen LogP contribution in [-0.2, 0) is 26.2 Å². The van der Waals surface area contributed by atoms with Gasteiger partial charge in [-0.25, -0.2) is 12.8 Å². The first-order valence-corrected chi connectivity index (χ1v) is 13.2. The highest BCUT2D eigenvalue weighted by molar-refractivity contribution is 7.92. The second-order valence-electron chi connectivity index (χ2n) is 8.60. The topological polar surface area (TPSA) is 96.0 Å². The molecule has 192 valence electrons. The lowest BCUT2D eigenvalue weighted by atomic mass is 10.1. The van der Waals surface area contributed by atoms with E-state index in [0.717, 1.165) is 16.1 Å². The zero-order chi connectivity index (χ0) is 26.2. The molecule has 10 heteroatoms. The number of anilines is 1. The van der Waals surface area contributed by atoms with Gasteiger partial charge in [-0.3, -0.25) is 13.9 Å². The quantitative estimate of drug-likeness (QED) is 0.476. The van der Waals surface area contributed by atoms with Crippen molar-refractivity contribution in [2.45, 2.75) is 52.2 Å². The number of ether oxygens (including phenoxy) is 1. The predicted molar refractivity (Wildman–Crippen MR) is 134 cm³/mol. The number of hydrogen-bond donors (Lipinski definition) is 1. The zero-order valence-electron chi connectivity index (χ0n) is 20.8. The monoisotopic (exact) mass is 507 g/mol. The van der Waals surface area contributed by atoms with E-state index in [9.17, 15) is 22.4 Å². The number of amides is 2. The largest absolute Gasteiger partial charge is 0.497 e. The number of nitrogens with one attached hydrogen (secondary N) is 1. The second kappa shape index (κ2) is 12.5. The summed E-state index contributed by atoms with van der Waals surface area (Å²) in [4.78, 5) is 27.4. The van der Waals surface area contributed by atoms with E-state index in [-0.39, 0.29) is 49.5 Å². The van der Waals surface area contributed by atoms with E-state index in [4.69, 9.17) is 4.74 Å². The van der Waals surface area contributed by atoms with E-state index >= 15 is 0 Å². The standard InChI is InChI=1S/C25H34FN3O5S/c1-18(2)27-25(31)19(3)28(17-20-12-14-21(34-4)15-13-20)24(30)11-8-16-29(35(5,32)33)23-10-7-6-9-22(23)26/h6-7,9-10,12-15,18-19H,8,11,16-17H2,1-5H3,(H,27,31)/t19-/m0/s1. The maximum Gasteiger partial charge on any atom is 0.242 e. The molecule has 2 aromatic carbocycles. The van der Waals surface area contributed by atoms with Crippen LogP contribution in [0.4, 0.5) is 10.1 Å². The van der Waals surface area contributed by atoms with Crippen molar-refractivity contribution in [2.24, 2.45) is 0 Å². The Hall–Kier alpha value is -3.14. The van der Waals surface area contributed by atoms with E-state index in [1.54, 1.807) is 32.2 Å². The van der Waals surface area contributed by atoms with Crippen LogP contribution in [0.5, 0.6) is 5.75 Å². The molecule has 0 aliphatic heterocycles. The van der Waals surface area contributed by atoms with Crippen LogP contribution in [0, 0.1) is 5.82 Å². The minimum atomic E-state index is -3.76. The Morgan fingerprint density at radius 2 is 1.69 bits per heavy atom. The van der Waals surface area contributed by atoms with Crippen molar-refractivity contribution in [1.82, 2.24) is 10.2 Å². The summed E-state index contributed by atoms with van der Waals surface area (Å²) in [6.07, 6.45) is 1.13. The van der Waals surface area contributed by atoms with Crippen LogP contribution in [0.2, 0.25) is 0 Å². The van der Waals surface area contributed by atoms with Crippen LogP contribution < -0.4 is 14.4 Å². The molecule has 0 saturated carbocycles. The summed E-state index contributed by atoms with van der Waals surface area (Å²) in [6.45, 7) is 5.44. The van der Waals surface area contributed by atoms with Crippen LogP contribution in [0.25, 0.3) is 0 Å². The molecule has 2 amide bonds. The molecule has 1 atom stereocenters. The Kier molecular flexibility index (Phi) is 10.1. The fraction of sp³-hybridized carbons (Fsp3) is 0.440. The third kappa shape index (κ3) is 8.24. The molecule has 1 N–H and O–H groups in total. The van der Waals surface area contributed by atoms with Gasteiger partial charge in [0.25, 0.3) is 0 Å². The van der Waals surface area contributed by atoms with E-state index in [1.165, 1.54) is 23.1 Å². The summed E-state index contributed by atoms with van der Waals surface area (Å²) in [5.74, 6) is -0.587. The minimum absolute atomic E-state index is 0.0179. The smallest absolute Gasteiger partial charge is 0.242 e. The molecule has 0 aliphatic rings. The van der Waals surface area contributed by atoms with E-state index in [0.29, 0.717) is 5.75 Å². The number of rotatable bonds is 12. The molecule has 35 heavy (non-hydrogen) atoms. The number of sulfonamides is 1. The zero-order valence-corrected chi connectivity index (χ0v) is 21.6. The maximum atomic E-state index is 14.2. The Bertz CT molecular complexity index is 1110. The third-order valence-corrected chi connectivity index (χ3v) is 6.56. The lowest BCUT2D eigenvalue weighted by Gasteiger charge is -2.30. The normalized spacial score (nSPS) is 12.2. The summed E-state index contributed by atoms with van der Waals surface area (Å²) >= 11 is 0. The Morgan fingerprint density at radius 3 is 2.23 bits per heavy atom. The number of nitrogens with zero attached hydrogens (tertiary/aromatic N) is 2. The lowest BCUT2D eigenvalue weighted by Crippen LogP contribution is -2.49. The van der Waals surface area contributed by atoms with Crippen molar-refractivity contribution in [3.8, 4) is 5.75 Å². The molecule has 0 bridgehead atoms. The molecular formula is C25H34FN3O5S. The van der Waals surface area contributed by atoms with Crippen LogP contribution in [-0.4, -0.2) is 57.1 Å². The van der Waals surface area contributed by atoms with Crippen LogP contribution >= 0.6 is 0 Å². The van der Waals surface area contributed by atoms with Crippen LogP contribution in [0.3, 0.4) is 0 Å². The highest BCUT2D eigenvalue weighted by Gasteiger charge is 2.27. The first kappa shape index (κ1) is 28.1. The molecule has 0 saturated heterocycles. The third-order valence-electron chi connectivity index (χ3n) is 5.38. The van der Waals surface area contributed by atoms with Crippen molar-refractivity contribution in [2.75, 3.05) is 24.2 Å². The number of carbonyl (C=O) groups is 2. The van der Waals surface area contributed by atoms with E-state index in [1.807, 2.05) is 26.0 Å². The van der Waals surface area contributed by atoms with Crippen molar-refractivity contribution >= 4 is 27.5 Å². The van der Waals surface area contributed by atoms with Gasteiger partial charge >= 0.3 is 0 Å². The number of para-hydroxylation sites is 1. The first-order valence-electron chi connectivity index (χ1n) is 11.4. The van der Waals surface area contributed by atoms with Gasteiger partial charge in [-0.1, -0.05) is 24.3 Å². The van der Waals surface area contributed by atoms with Gasteiger partial charge in [-0.15, -0.1) is 0 Å². The Balaban J connectivity index is 2.18. The fourth-order valence-corrected chi connectivity index (χ4v) is 4.52. The summed E-state index contributed by atoms with van der Waals surface area (Å²) in [5, 5.41) is 2.82. The number of benzene rings is 2. The Labute approximate surface area is 207 Å². The lowest BCUT2D eigenvalue weighted by molar-refractivity contribution is -0.140. The average molecular weight is 508 g/mol. The Morgan fingerprint density at radius 1 is 1.06 bits per heavy atom. The van der Waals surface area contributed by atoms with Gasteiger partial charge in [-0.05, 0) is 57.0 Å². The average Bonchev–Trinajstić information content (AvgIpc) is 2.79. The van der Waals surface area contributed by atoms with Crippen molar-refractivity contribution in [3.63, 3.8) is 0 Å². The van der Waals surface area contributed by atoms with Crippen molar-refractivity contribution in [1.29, 1.82) is 0 Å². The molecule has 0 spiro atoms. The molecule has 8 nitrogen and oxygen atoms in total. The molecule has 2 rings (SSSR count). The van der Waals surface area contributed by atoms with Crippen LogP contribution in [0.15, 0.2) is 48.5 Å². The summed E-state index contributed by atoms with van der Waals surface area (Å²) in [7, 11) is -2.20. The van der Waals surface area contributed by atoms with Crippen molar-refractivity contribution in [3.05, 3.63) is 59.9 Å². The molecule has 0 aliphatic carbocycles. The van der Waals surface area contributed by atoms with Gasteiger partial charge in [0.2, 0.25) is 21.8 Å².